The van der Waals surface area contributed by atoms with Crippen LogP contribution in [-0.2, 0) is 27.2 Å². The van der Waals surface area contributed by atoms with E-state index in [2.05, 4.69) is 8.37 Å². The molecule has 11 nitrogen and oxygen atoms in total. The number of hydrogen-bond donors (Lipinski definition) is 1. The summed E-state index contributed by atoms with van der Waals surface area (Å²) in [5.41, 5.74) is 0.230. The molecule has 1 rings (SSSR count). The van der Waals surface area contributed by atoms with E-state index >= 15 is 0 Å². The van der Waals surface area contributed by atoms with Gasteiger partial charge in [0.15, 0.2) is 11.5 Å². The second-order valence-electron chi connectivity index (χ2n) is 7.11. The van der Waals surface area contributed by atoms with Gasteiger partial charge in [0.2, 0.25) is 11.5 Å². The van der Waals surface area contributed by atoms with E-state index in [9.17, 15) is 25.9 Å². The van der Waals surface area contributed by atoms with Crippen molar-refractivity contribution in [1.82, 2.24) is 0 Å². The SMILES string of the molecule is COc1c(OS(=O)(=O)[O-])c(C)c(CCCCCCCCCCO)c(OS(=O)(=O)[O-])c1OC.[K+].[K+]. The van der Waals surface area contributed by atoms with Gasteiger partial charge in [-0.15, -0.1) is 0 Å². The maximum atomic E-state index is 11.3. The first-order valence-electron chi connectivity index (χ1n) is 10.1. The van der Waals surface area contributed by atoms with Gasteiger partial charge in [-0.05, 0) is 26.2 Å². The second kappa shape index (κ2) is 18.7. The number of ether oxygens (including phenoxy) is 2. The summed E-state index contributed by atoms with van der Waals surface area (Å²) in [7, 11) is -8.13. The summed E-state index contributed by atoms with van der Waals surface area (Å²) in [6, 6.07) is 0. The molecule has 0 aliphatic rings. The van der Waals surface area contributed by atoms with E-state index in [4.69, 9.17) is 14.6 Å². The first kappa shape index (κ1) is 37.6. The van der Waals surface area contributed by atoms with Crippen molar-refractivity contribution in [1.29, 1.82) is 0 Å². The maximum absolute atomic E-state index is 11.3. The van der Waals surface area contributed by atoms with Crippen molar-refractivity contribution < 1.29 is 152 Å². The predicted octanol–water partition coefficient (Wildman–Crippen LogP) is -3.65. The average Bonchev–Trinajstić information content (AvgIpc) is 2.68. The van der Waals surface area contributed by atoms with E-state index in [1.165, 1.54) is 6.92 Å². The van der Waals surface area contributed by atoms with E-state index in [1.54, 1.807) is 0 Å². The standard InChI is InChI=1S/C19H32O11S2.2K/c1-14-15(12-10-8-6-4-5-7-9-11-13-20)17(30-32(24,25)26)19(28-3)18(27-2)16(14)29-31(21,22)23;;/h20H,4-13H2,1-3H3,(H,21,22,23)(H,24,25,26);;/q;2*+1/p-2. The molecular weight excluding hydrogens is 547 g/mol. The summed E-state index contributed by atoms with van der Waals surface area (Å²) in [5.74, 6) is -1.67. The third kappa shape index (κ3) is 13.9. The summed E-state index contributed by atoms with van der Waals surface area (Å²) < 4.78 is 86.8. The number of hydrogen-bond acceptors (Lipinski definition) is 11. The molecule has 0 amide bonds. The minimum absolute atomic E-state index is 0. The van der Waals surface area contributed by atoms with Crippen LogP contribution in [0.5, 0.6) is 23.0 Å². The molecule has 0 saturated carbocycles. The molecule has 0 bridgehead atoms. The number of aliphatic hydroxyl groups excluding tert-OH is 1. The third-order valence-electron chi connectivity index (χ3n) is 4.80. The largest absolute Gasteiger partial charge is 1.00 e. The summed E-state index contributed by atoms with van der Waals surface area (Å²) in [4.78, 5) is 0. The van der Waals surface area contributed by atoms with Crippen LogP contribution in [0.4, 0.5) is 0 Å². The summed E-state index contributed by atoms with van der Waals surface area (Å²) in [6.07, 6.45) is 7.23. The Balaban J connectivity index is 0. The Labute approximate surface area is 287 Å². The van der Waals surface area contributed by atoms with Crippen molar-refractivity contribution in [3.8, 4) is 23.0 Å². The molecule has 0 aromatic heterocycles. The molecule has 34 heavy (non-hydrogen) atoms. The molecule has 0 atom stereocenters. The number of rotatable bonds is 16. The Hall–Kier alpha value is 1.47. The molecule has 15 heteroatoms. The van der Waals surface area contributed by atoms with Gasteiger partial charge in [-0.2, -0.15) is 0 Å². The zero-order valence-corrected chi connectivity index (χ0v) is 28.3. The molecule has 0 saturated heterocycles. The zero-order chi connectivity index (χ0) is 24.4. The summed E-state index contributed by atoms with van der Waals surface area (Å²) >= 11 is 0. The van der Waals surface area contributed by atoms with E-state index in [0.717, 1.165) is 59.2 Å². The number of unbranched alkanes of at least 4 members (excludes halogenated alkanes) is 7. The van der Waals surface area contributed by atoms with Crippen LogP contribution < -0.4 is 121 Å². The molecule has 0 aliphatic carbocycles. The smallest absolute Gasteiger partial charge is 0.716 e. The van der Waals surface area contributed by atoms with Crippen LogP contribution in [0.15, 0.2) is 0 Å². The van der Waals surface area contributed by atoms with Crippen LogP contribution >= 0.6 is 0 Å². The predicted molar refractivity (Wildman–Crippen MR) is 113 cm³/mol. The van der Waals surface area contributed by atoms with Gasteiger partial charge in [0, 0.05) is 17.7 Å². The summed E-state index contributed by atoms with van der Waals surface area (Å²) in [5, 5.41) is 8.77. The Morgan fingerprint density at radius 2 is 1.06 bits per heavy atom. The van der Waals surface area contributed by atoms with E-state index in [0.29, 0.717) is 6.42 Å². The van der Waals surface area contributed by atoms with Crippen LogP contribution in [-0.4, -0.2) is 51.9 Å². The van der Waals surface area contributed by atoms with Crippen molar-refractivity contribution in [2.75, 3.05) is 20.8 Å². The van der Waals surface area contributed by atoms with Gasteiger partial charge in [0.25, 0.3) is 20.8 Å². The van der Waals surface area contributed by atoms with Crippen LogP contribution in [0.25, 0.3) is 0 Å². The molecule has 0 heterocycles. The molecule has 0 radical (unpaired) electrons. The van der Waals surface area contributed by atoms with Gasteiger partial charge in [0.1, 0.15) is 0 Å². The Kier molecular flexibility index (Phi) is 20.7. The Morgan fingerprint density at radius 3 is 1.47 bits per heavy atom. The fourth-order valence-corrected chi connectivity index (χ4v) is 4.14. The molecule has 1 aromatic carbocycles. The van der Waals surface area contributed by atoms with Gasteiger partial charge in [-0.25, -0.2) is 16.8 Å². The minimum Gasteiger partial charge on any atom is -0.716 e. The normalized spacial score (nSPS) is 11.2. The van der Waals surface area contributed by atoms with E-state index in [-0.39, 0.29) is 133 Å². The Morgan fingerprint density at radius 1 is 0.676 bits per heavy atom. The fraction of sp³-hybridized carbons (Fsp3) is 0.684. The quantitative estimate of drug-likeness (QED) is 0.0890. The van der Waals surface area contributed by atoms with Gasteiger partial charge in [0.05, 0.1) is 14.2 Å². The fourth-order valence-electron chi connectivity index (χ4n) is 3.36. The molecule has 186 valence electrons. The van der Waals surface area contributed by atoms with Crippen LogP contribution in [0.2, 0.25) is 0 Å². The monoisotopic (exact) mass is 576 g/mol. The van der Waals surface area contributed by atoms with Crippen LogP contribution in [0.1, 0.15) is 62.5 Å². The van der Waals surface area contributed by atoms with Crippen molar-refractivity contribution >= 4 is 20.8 Å². The van der Waals surface area contributed by atoms with Crippen molar-refractivity contribution in [3.63, 3.8) is 0 Å². The van der Waals surface area contributed by atoms with Crippen LogP contribution in [0.3, 0.4) is 0 Å². The first-order valence-corrected chi connectivity index (χ1v) is 12.8. The van der Waals surface area contributed by atoms with E-state index in [1.807, 2.05) is 0 Å². The molecular formula is C19H30K2O11S2. The topological polar surface area (TPSA) is 172 Å². The minimum atomic E-state index is -5.20. The van der Waals surface area contributed by atoms with Crippen molar-refractivity contribution in [2.45, 2.75) is 64.7 Å². The molecule has 0 aliphatic heterocycles. The zero-order valence-electron chi connectivity index (χ0n) is 20.4. The number of methoxy groups -OCH3 is 2. The summed E-state index contributed by atoms with van der Waals surface area (Å²) in [6.45, 7) is 1.58. The first-order chi connectivity index (χ1) is 14.9. The van der Waals surface area contributed by atoms with Gasteiger partial charge >= 0.3 is 103 Å². The molecule has 1 N–H and O–H groups in total. The van der Waals surface area contributed by atoms with Gasteiger partial charge < -0.3 is 32.1 Å². The van der Waals surface area contributed by atoms with Crippen molar-refractivity contribution in [3.05, 3.63) is 11.1 Å². The average molecular weight is 577 g/mol. The van der Waals surface area contributed by atoms with Gasteiger partial charge in [-0.3, -0.25) is 0 Å². The third-order valence-corrected chi connectivity index (χ3v) is 5.54. The Bertz CT molecular complexity index is 952. The van der Waals surface area contributed by atoms with E-state index < -0.39 is 38.0 Å². The molecule has 1 aromatic rings. The van der Waals surface area contributed by atoms with Gasteiger partial charge in [-0.1, -0.05) is 38.5 Å². The molecule has 0 spiro atoms. The second-order valence-corrected chi connectivity index (χ2v) is 9.08. The number of benzene rings is 1. The maximum Gasteiger partial charge on any atom is 1.00 e. The van der Waals surface area contributed by atoms with Crippen LogP contribution in [0, 0.1) is 6.92 Å². The molecule has 0 fully saturated rings. The van der Waals surface area contributed by atoms with Crippen molar-refractivity contribution in [2.24, 2.45) is 0 Å². The number of aliphatic hydroxyl groups is 1. The molecule has 0 unspecified atom stereocenters.